The van der Waals surface area contributed by atoms with Gasteiger partial charge in [-0.2, -0.15) is 14.6 Å². The lowest BCUT2D eigenvalue weighted by Gasteiger charge is -2.15. The zero-order chi connectivity index (χ0) is 23.2. The molecule has 0 unspecified atom stereocenters. The van der Waals surface area contributed by atoms with Crippen LogP contribution in [0.1, 0.15) is 24.6 Å². The maximum atomic E-state index is 13.2. The largest absolute Gasteiger partial charge is 0.352 e. The number of carbonyl (C=O) groups excluding carboxylic acids is 1. The third-order valence-corrected chi connectivity index (χ3v) is 7.52. The quantitative estimate of drug-likeness (QED) is 0.597. The van der Waals surface area contributed by atoms with Crippen molar-refractivity contribution in [1.29, 1.82) is 5.26 Å². The van der Waals surface area contributed by atoms with Crippen molar-refractivity contribution in [3.05, 3.63) is 45.7 Å². The lowest BCUT2D eigenvalue weighted by molar-refractivity contribution is -0.119. The smallest absolute Gasteiger partial charge is 0.262 e. The molecular weight excluding hydrogens is 475 g/mol. The van der Waals surface area contributed by atoms with Gasteiger partial charge < -0.3 is 5.32 Å². The minimum atomic E-state index is -3.94. The van der Waals surface area contributed by atoms with Gasteiger partial charge in [-0.05, 0) is 31.5 Å². The van der Waals surface area contributed by atoms with E-state index in [9.17, 15) is 18.5 Å². The van der Waals surface area contributed by atoms with Gasteiger partial charge in [-0.15, -0.1) is 0 Å². The number of hydrogen-bond donors (Lipinski definition) is 1. The van der Waals surface area contributed by atoms with Crippen LogP contribution < -0.4 is 5.32 Å². The minimum Gasteiger partial charge on any atom is -0.352 e. The number of nitriles is 1. The van der Waals surface area contributed by atoms with Crippen molar-refractivity contribution in [2.75, 3.05) is 13.1 Å². The highest BCUT2D eigenvalue weighted by molar-refractivity contribution is 7.89. The molecule has 32 heavy (non-hydrogen) atoms. The molecule has 1 N–H and O–H groups in total. The SMILES string of the molecule is CC(=O)N[C@H]1CCN(S(=O)(=O)c2cn3c(-c4ccc(Cl)cc4Cl)c(C#N)c(C)nc3n2)C1. The molecule has 0 radical (unpaired) electrons. The van der Waals surface area contributed by atoms with Gasteiger partial charge in [0.1, 0.15) is 6.07 Å². The maximum absolute atomic E-state index is 13.2. The van der Waals surface area contributed by atoms with Gasteiger partial charge in [0.25, 0.3) is 10.0 Å². The number of halogens is 2. The molecule has 0 spiro atoms. The Balaban J connectivity index is 1.85. The van der Waals surface area contributed by atoms with Crippen LogP contribution in [0.15, 0.2) is 29.4 Å². The van der Waals surface area contributed by atoms with Gasteiger partial charge in [-0.3, -0.25) is 9.20 Å². The van der Waals surface area contributed by atoms with E-state index in [1.54, 1.807) is 25.1 Å². The second-order valence-electron chi connectivity index (χ2n) is 7.46. The summed E-state index contributed by atoms with van der Waals surface area (Å²) in [5.74, 6) is -0.0890. The summed E-state index contributed by atoms with van der Waals surface area (Å²) in [5.41, 5.74) is 1.51. The van der Waals surface area contributed by atoms with Crippen molar-refractivity contribution in [2.45, 2.75) is 31.3 Å². The molecule has 1 aliphatic rings. The van der Waals surface area contributed by atoms with Gasteiger partial charge >= 0.3 is 0 Å². The van der Waals surface area contributed by atoms with Gasteiger partial charge in [0.05, 0.1) is 28.2 Å². The molecule has 0 saturated carbocycles. The Kier molecular flexibility index (Phi) is 5.85. The summed E-state index contributed by atoms with van der Waals surface area (Å²) in [4.78, 5) is 19.9. The van der Waals surface area contributed by atoms with E-state index in [1.807, 2.05) is 0 Å². The van der Waals surface area contributed by atoms with Crippen molar-refractivity contribution < 1.29 is 13.2 Å². The number of nitrogens with one attached hydrogen (secondary N) is 1. The molecule has 2 aromatic heterocycles. The summed E-state index contributed by atoms with van der Waals surface area (Å²) in [6, 6.07) is 6.70. The first-order chi connectivity index (χ1) is 15.1. The Bertz CT molecular complexity index is 1400. The third-order valence-electron chi connectivity index (χ3n) is 5.23. The van der Waals surface area contributed by atoms with Crippen LogP contribution in [0.25, 0.3) is 17.0 Å². The van der Waals surface area contributed by atoms with E-state index in [-0.39, 0.29) is 41.4 Å². The number of rotatable bonds is 4. The highest BCUT2D eigenvalue weighted by Gasteiger charge is 2.35. The van der Waals surface area contributed by atoms with Gasteiger partial charge in [0, 0.05) is 36.6 Å². The molecule has 1 fully saturated rings. The fourth-order valence-electron chi connectivity index (χ4n) is 3.78. The Morgan fingerprint density at radius 2 is 2.06 bits per heavy atom. The summed E-state index contributed by atoms with van der Waals surface area (Å²) < 4.78 is 29.2. The summed E-state index contributed by atoms with van der Waals surface area (Å²) in [5, 5.41) is 13.0. The molecule has 1 aliphatic heterocycles. The number of hydrogen-bond acceptors (Lipinski definition) is 6. The molecule has 0 aliphatic carbocycles. The Hall–Kier alpha value is -2.71. The van der Waals surface area contributed by atoms with Crippen molar-refractivity contribution in [3.8, 4) is 17.3 Å². The summed E-state index contributed by atoms with van der Waals surface area (Å²) in [6.07, 6.45) is 1.84. The zero-order valence-corrected chi connectivity index (χ0v) is 19.5. The van der Waals surface area contributed by atoms with E-state index in [1.165, 1.54) is 21.8 Å². The number of nitrogens with zero attached hydrogens (tertiary/aromatic N) is 5. The van der Waals surface area contributed by atoms with E-state index in [0.29, 0.717) is 33.4 Å². The van der Waals surface area contributed by atoms with E-state index < -0.39 is 10.0 Å². The molecule has 12 heteroatoms. The monoisotopic (exact) mass is 492 g/mol. The molecule has 3 aromatic rings. The second-order valence-corrected chi connectivity index (χ2v) is 10.2. The summed E-state index contributed by atoms with van der Waals surface area (Å²) in [7, 11) is -3.94. The van der Waals surface area contributed by atoms with Crippen LogP contribution in [0.2, 0.25) is 10.0 Å². The number of fused-ring (bicyclic) bond motifs is 1. The van der Waals surface area contributed by atoms with E-state index in [4.69, 9.17) is 23.2 Å². The Morgan fingerprint density at radius 1 is 1.31 bits per heavy atom. The van der Waals surface area contributed by atoms with Crippen molar-refractivity contribution >= 4 is 44.9 Å². The van der Waals surface area contributed by atoms with E-state index in [2.05, 4.69) is 21.4 Å². The molecular formula is C20H18Cl2N6O3S. The van der Waals surface area contributed by atoms with Gasteiger partial charge in [-0.25, -0.2) is 13.4 Å². The number of imidazole rings is 1. The van der Waals surface area contributed by atoms with Crippen LogP contribution in [0.5, 0.6) is 0 Å². The van der Waals surface area contributed by atoms with E-state index >= 15 is 0 Å². The molecule has 1 aromatic carbocycles. The van der Waals surface area contributed by atoms with Gasteiger partial charge in [0.2, 0.25) is 11.7 Å². The first-order valence-electron chi connectivity index (χ1n) is 9.64. The number of benzene rings is 1. The Labute approximate surface area is 194 Å². The van der Waals surface area contributed by atoms with Crippen LogP contribution >= 0.6 is 23.2 Å². The van der Waals surface area contributed by atoms with Crippen LogP contribution in [0.4, 0.5) is 0 Å². The first kappa shape index (κ1) is 22.5. The molecule has 1 atom stereocenters. The average molecular weight is 493 g/mol. The lowest BCUT2D eigenvalue weighted by atomic mass is 10.1. The average Bonchev–Trinajstić information content (AvgIpc) is 3.34. The molecule has 166 valence electrons. The van der Waals surface area contributed by atoms with Crippen LogP contribution in [-0.2, 0) is 14.8 Å². The zero-order valence-electron chi connectivity index (χ0n) is 17.1. The van der Waals surface area contributed by atoms with Gasteiger partial charge in [-0.1, -0.05) is 23.2 Å². The van der Waals surface area contributed by atoms with Crippen molar-refractivity contribution in [3.63, 3.8) is 0 Å². The standard InChI is InChI=1S/C20H18Cl2N6O3S/c1-11-16(8-23)19(15-4-3-13(21)7-17(15)22)28-10-18(26-20(28)24-11)32(30,31)27-6-5-14(9-27)25-12(2)29/h3-4,7,10,14H,5-6,9H2,1-2H3,(H,25,29)/t14-/m0/s1. The fourth-order valence-corrected chi connectivity index (χ4v) is 5.70. The maximum Gasteiger partial charge on any atom is 0.262 e. The predicted molar refractivity (Wildman–Crippen MR) is 119 cm³/mol. The minimum absolute atomic E-state index is 0.124. The number of carbonyl (C=O) groups is 1. The molecule has 4 rings (SSSR count). The van der Waals surface area contributed by atoms with Crippen molar-refractivity contribution in [2.24, 2.45) is 0 Å². The summed E-state index contributed by atoms with van der Waals surface area (Å²) >= 11 is 12.4. The third kappa shape index (κ3) is 3.93. The molecule has 1 saturated heterocycles. The number of aryl methyl sites for hydroxylation is 1. The van der Waals surface area contributed by atoms with Crippen LogP contribution in [-0.4, -0.2) is 52.1 Å². The molecule has 0 bridgehead atoms. The predicted octanol–water partition coefficient (Wildman–Crippen LogP) is 2.78. The number of sulfonamides is 1. The van der Waals surface area contributed by atoms with Crippen molar-refractivity contribution in [1.82, 2.24) is 24.0 Å². The molecule has 9 nitrogen and oxygen atoms in total. The first-order valence-corrected chi connectivity index (χ1v) is 11.8. The molecule has 1 amide bonds. The van der Waals surface area contributed by atoms with E-state index in [0.717, 1.165) is 0 Å². The lowest BCUT2D eigenvalue weighted by Crippen LogP contribution is -2.37. The van der Waals surface area contributed by atoms with Gasteiger partial charge in [0.15, 0.2) is 5.03 Å². The van der Waals surface area contributed by atoms with Crippen LogP contribution in [0, 0.1) is 18.3 Å². The number of aromatic nitrogens is 3. The number of amides is 1. The van der Waals surface area contributed by atoms with Crippen LogP contribution in [0.3, 0.4) is 0 Å². The normalized spacial score (nSPS) is 16.9. The highest BCUT2D eigenvalue weighted by atomic mass is 35.5. The summed E-state index contributed by atoms with van der Waals surface area (Å²) in [6.45, 7) is 3.45. The second kappa shape index (κ2) is 8.33. The topological polar surface area (TPSA) is 120 Å². The highest BCUT2D eigenvalue weighted by Crippen LogP contribution is 2.34. The Morgan fingerprint density at radius 3 is 2.72 bits per heavy atom. The molecule has 3 heterocycles. The fraction of sp³-hybridized carbons (Fsp3) is 0.300.